The van der Waals surface area contributed by atoms with Crippen LogP contribution in [0.2, 0.25) is 0 Å². The van der Waals surface area contributed by atoms with Gasteiger partial charge in [0, 0.05) is 16.8 Å². The number of aldehydes is 1. The molecular weight excluding hydrogens is 138 g/mol. The number of rotatable bonds is 1. The molecule has 0 unspecified atom stereocenters. The normalized spacial score (nSPS) is 17.4. The van der Waals surface area contributed by atoms with Crippen LogP contribution >= 0.6 is 11.6 Å². The Hall–Kier alpha value is -0.760. The van der Waals surface area contributed by atoms with Crippen LogP contribution in [-0.2, 0) is 4.79 Å². The molecule has 1 rings (SSSR count). The van der Waals surface area contributed by atoms with Crippen molar-refractivity contribution in [1.82, 2.24) is 5.32 Å². The van der Waals surface area contributed by atoms with Crippen LogP contribution in [0, 0.1) is 0 Å². The first-order valence-electron chi connectivity index (χ1n) is 2.58. The minimum absolute atomic E-state index is 0.589. The molecule has 3 heteroatoms. The second kappa shape index (κ2) is 2.69. The molecule has 0 aromatic heterocycles. The minimum atomic E-state index is 0.589. The molecule has 1 heterocycles. The van der Waals surface area contributed by atoms with E-state index in [4.69, 9.17) is 11.6 Å². The summed E-state index contributed by atoms with van der Waals surface area (Å²) in [7, 11) is 0. The molecule has 0 atom stereocenters. The van der Waals surface area contributed by atoms with E-state index in [1.165, 1.54) is 0 Å². The van der Waals surface area contributed by atoms with E-state index in [2.05, 4.69) is 5.32 Å². The van der Waals surface area contributed by atoms with E-state index >= 15 is 0 Å². The van der Waals surface area contributed by atoms with Crippen molar-refractivity contribution in [2.45, 2.75) is 0 Å². The monoisotopic (exact) mass is 143 g/mol. The van der Waals surface area contributed by atoms with Gasteiger partial charge in [-0.25, -0.2) is 0 Å². The molecule has 0 fully saturated rings. The highest BCUT2D eigenvalue weighted by Crippen LogP contribution is 2.07. The summed E-state index contributed by atoms with van der Waals surface area (Å²) in [5.41, 5.74) is 0.589. The number of allylic oxidation sites excluding steroid dienone is 2. The summed E-state index contributed by atoms with van der Waals surface area (Å²) in [4.78, 5) is 10.1. The summed E-state index contributed by atoms with van der Waals surface area (Å²) < 4.78 is 0. The fourth-order valence-electron chi connectivity index (χ4n) is 0.608. The van der Waals surface area contributed by atoms with Gasteiger partial charge in [0.2, 0.25) is 0 Å². The fraction of sp³-hybridized carbons (Fsp3) is 0.167. The molecule has 1 aliphatic heterocycles. The van der Waals surface area contributed by atoms with Crippen molar-refractivity contribution in [2.24, 2.45) is 0 Å². The molecule has 0 amide bonds. The van der Waals surface area contributed by atoms with Crippen LogP contribution < -0.4 is 5.32 Å². The predicted octanol–water partition coefficient (Wildman–Crippen LogP) is 0.795. The molecule has 0 spiro atoms. The second-order valence-corrected chi connectivity index (χ2v) is 2.22. The molecule has 0 bridgehead atoms. The molecular formula is C6H6ClNO. The van der Waals surface area contributed by atoms with Crippen LogP contribution in [0.3, 0.4) is 0 Å². The highest BCUT2D eigenvalue weighted by Gasteiger charge is 1.99. The third kappa shape index (κ3) is 1.57. The molecule has 48 valence electrons. The van der Waals surface area contributed by atoms with Gasteiger partial charge < -0.3 is 5.32 Å². The van der Waals surface area contributed by atoms with E-state index in [1.54, 1.807) is 12.3 Å². The van der Waals surface area contributed by atoms with Crippen molar-refractivity contribution >= 4 is 17.9 Å². The number of hydrogen-bond acceptors (Lipinski definition) is 2. The van der Waals surface area contributed by atoms with Gasteiger partial charge in [-0.1, -0.05) is 11.6 Å². The van der Waals surface area contributed by atoms with E-state index in [0.29, 0.717) is 17.2 Å². The van der Waals surface area contributed by atoms with Gasteiger partial charge in [0.25, 0.3) is 0 Å². The van der Waals surface area contributed by atoms with Gasteiger partial charge in [-0.2, -0.15) is 0 Å². The number of carbonyl (C=O) groups is 1. The van der Waals surface area contributed by atoms with E-state index in [9.17, 15) is 4.79 Å². The first-order valence-corrected chi connectivity index (χ1v) is 2.95. The van der Waals surface area contributed by atoms with Crippen LogP contribution in [0.15, 0.2) is 22.9 Å². The second-order valence-electron chi connectivity index (χ2n) is 1.73. The third-order valence-electron chi connectivity index (χ3n) is 0.999. The minimum Gasteiger partial charge on any atom is -0.385 e. The Morgan fingerprint density at radius 3 is 3.00 bits per heavy atom. The first kappa shape index (κ1) is 6.36. The van der Waals surface area contributed by atoms with Crippen LogP contribution in [0.5, 0.6) is 0 Å². The summed E-state index contributed by atoms with van der Waals surface area (Å²) >= 11 is 5.59. The molecule has 0 aromatic carbocycles. The molecule has 1 N–H and O–H groups in total. The van der Waals surface area contributed by atoms with Crippen molar-refractivity contribution in [1.29, 1.82) is 0 Å². The molecule has 0 saturated carbocycles. The summed E-state index contributed by atoms with van der Waals surface area (Å²) in [6, 6.07) is 0. The molecule has 0 radical (unpaired) electrons. The van der Waals surface area contributed by atoms with Gasteiger partial charge in [-0.3, -0.25) is 4.79 Å². The molecule has 2 nitrogen and oxygen atoms in total. The Kier molecular flexibility index (Phi) is 1.90. The maximum atomic E-state index is 10.1. The lowest BCUT2D eigenvalue weighted by molar-refractivity contribution is -0.104. The lowest BCUT2D eigenvalue weighted by atomic mass is 10.2. The lowest BCUT2D eigenvalue weighted by Crippen LogP contribution is -2.12. The zero-order chi connectivity index (χ0) is 6.69. The smallest absolute Gasteiger partial charge is 0.151 e. The summed E-state index contributed by atoms with van der Waals surface area (Å²) in [6.45, 7) is 0.624. The SMILES string of the molecule is O=CC1=CNCC(Cl)=C1. The zero-order valence-corrected chi connectivity index (χ0v) is 5.48. The molecule has 0 aromatic rings. The highest BCUT2D eigenvalue weighted by molar-refractivity contribution is 6.30. The Morgan fingerprint density at radius 2 is 2.56 bits per heavy atom. The van der Waals surface area contributed by atoms with Crippen LogP contribution in [0.25, 0.3) is 0 Å². The van der Waals surface area contributed by atoms with E-state index in [1.807, 2.05) is 0 Å². The van der Waals surface area contributed by atoms with Gasteiger partial charge in [0.1, 0.15) is 0 Å². The topological polar surface area (TPSA) is 29.1 Å². The van der Waals surface area contributed by atoms with Crippen LogP contribution in [0.4, 0.5) is 0 Å². The largest absolute Gasteiger partial charge is 0.385 e. The number of nitrogens with one attached hydrogen (secondary N) is 1. The van der Waals surface area contributed by atoms with E-state index in [-0.39, 0.29) is 0 Å². The van der Waals surface area contributed by atoms with Crippen molar-refractivity contribution in [3.8, 4) is 0 Å². The number of hydrogen-bond donors (Lipinski definition) is 1. The maximum Gasteiger partial charge on any atom is 0.151 e. The van der Waals surface area contributed by atoms with Crippen LogP contribution in [0.1, 0.15) is 0 Å². The van der Waals surface area contributed by atoms with Crippen molar-refractivity contribution in [2.75, 3.05) is 6.54 Å². The van der Waals surface area contributed by atoms with Crippen molar-refractivity contribution in [3.05, 3.63) is 22.9 Å². The molecule has 9 heavy (non-hydrogen) atoms. The Morgan fingerprint density at radius 1 is 1.78 bits per heavy atom. The summed E-state index contributed by atoms with van der Waals surface area (Å²) in [5, 5.41) is 3.51. The number of dihydropyridines is 1. The third-order valence-corrected chi connectivity index (χ3v) is 1.24. The highest BCUT2D eigenvalue weighted by atomic mass is 35.5. The quantitative estimate of drug-likeness (QED) is 0.550. The number of carbonyl (C=O) groups excluding carboxylic acids is 1. The molecule has 0 saturated heterocycles. The average molecular weight is 144 g/mol. The first-order chi connectivity index (χ1) is 4.33. The number of halogens is 1. The standard InChI is InChI=1S/C6H6ClNO/c7-6-1-5(4-9)2-8-3-6/h1-2,4,8H,3H2. The maximum absolute atomic E-state index is 10.1. The van der Waals surface area contributed by atoms with Gasteiger partial charge in [-0.15, -0.1) is 0 Å². The molecule has 0 aliphatic carbocycles. The van der Waals surface area contributed by atoms with Gasteiger partial charge in [0.15, 0.2) is 6.29 Å². The summed E-state index contributed by atoms with van der Waals surface area (Å²) in [5.74, 6) is 0. The lowest BCUT2D eigenvalue weighted by Gasteiger charge is -2.05. The molecule has 1 aliphatic rings. The Bertz CT molecular complexity index is 183. The van der Waals surface area contributed by atoms with Gasteiger partial charge >= 0.3 is 0 Å². The van der Waals surface area contributed by atoms with Crippen molar-refractivity contribution < 1.29 is 4.79 Å². The zero-order valence-electron chi connectivity index (χ0n) is 4.73. The van der Waals surface area contributed by atoms with Gasteiger partial charge in [0.05, 0.1) is 6.54 Å². The van der Waals surface area contributed by atoms with E-state index < -0.39 is 0 Å². The predicted molar refractivity (Wildman–Crippen MR) is 36.1 cm³/mol. The van der Waals surface area contributed by atoms with Crippen LogP contribution in [-0.4, -0.2) is 12.8 Å². The Labute approximate surface area is 58.2 Å². The van der Waals surface area contributed by atoms with Gasteiger partial charge in [-0.05, 0) is 6.08 Å². The van der Waals surface area contributed by atoms with E-state index in [0.717, 1.165) is 6.29 Å². The Balaban J connectivity index is 2.74. The summed E-state index contributed by atoms with van der Waals surface area (Å²) in [6.07, 6.45) is 4.04. The van der Waals surface area contributed by atoms with Crippen molar-refractivity contribution in [3.63, 3.8) is 0 Å². The average Bonchev–Trinajstić information content (AvgIpc) is 1.88. The fourth-order valence-corrected chi connectivity index (χ4v) is 0.811.